The van der Waals surface area contributed by atoms with E-state index in [1.807, 2.05) is 7.05 Å². The Bertz CT molecular complexity index is 586. The maximum absolute atomic E-state index is 13.0. The molecule has 94 valence electrons. The van der Waals surface area contributed by atoms with Crippen LogP contribution in [0.3, 0.4) is 0 Å². The summed E-state index contributed by atoms with van der Waals surface area (Å²) in [6.07, 6.45) is 1.16. The number of aryl methyl sites for hydroxylation is 1. The van der Waals surface area contributed by atoms with Crippen LogP contribution in [0.2, 0.25) is 0 Å². The molecule has 1 heterocycles. The van der Waals surface area contributed by atoms with Crippen molar-refractivity contribution in [1.29, 1.82) is 0 Å². The van der Waals surface area contributed by atoms with Gasteiger partial charge in [-0.1, -0.05) is 19.1 Å². The highest BCUT2D eigenvalue weighted by Crippen LogP contribution is 2.50. The Kier molecular flexibility index (Phi) is 2.40. The summed E-state index contributed by atoms with van der Waals surface area (Å²) in [6.45, 7) is 2.21. The van der Waals surface area contributed by atoms with Gasteiger partial charge in [-0.2, -0.15) is 5.10 Å². The molecule has 1 aliphatic rings. The van der Waals surface area contributed by atoms with Crippen LogP contribution < -0.4 is 5.73 Å². The molecule has 0 radical (unpaired) electrons. The smallest absolute Gasteiger partial charge is 0.129 e. The predicted molar refractivity (Wildman–Crippen MR) is 69.5 cm³/mol. The molecule has 0 bridgehead atoms. The van der Waals surface area contributed by atoms with Gasteiger partial charge >= 0.3 is 0 Å². The summed E-state index contributed by atoms with van der Waals surface area (Å²) in [4.78, 5) is 0. The molecular formula is C14H16FN3. The fraction of sp³-hybridized carbons (Fsp3) is 0.357. The Morgan fingerprint density at radius 1 is 1.33 bits per heavy atom. The van der Waals surface area contributed by atoms with Crippen LogP contribution in [0.4, 0.5) is 10.2 Å². The van der Waals surface area contributed by atoms with Crippen LogP contribution in [0.1, 0.15) is 25.0 Å². The summed E-state index contributed by atoms with van der Waals surface area (Å²) >= 11 is 0. The first-order chi connectivity index (χ1) is 8.58. The van der Waals surface area contributed by atoms with Gasteiger partial charge < -0.3 is 5.73 Å². The van der Waals surface area contributed by atoms with Crippen molar-refractivity contribution in [3.63, 3.8) is 0 Å². The SMILES string of the molecule is CC1CC1c1nn(C)c(N)c1-c1ccc(F)cc1. The van der Waals surface area contributed by atoms with Crippen molar-refractivity contribution in [1.82, 2.24) is 9.78 Å². The van der Waals surface area contributed by atoms with Crippen LogP contribution >= 0.6 is 0 Å². The molecule has 0 amide bonds. The molecular weight excluding hydrogens is 229 g/mol. The first-order valence-electron chi connectivity index (χ1n) is 6.16. The maximum Gasteiger partial charge on any atom is 0.129 e. The van der Waals surface area contributed by atoms with Gasteiger partial charge in [-0.15, -0.1) is 0 Å². The van der Waals surface area contributed by atoms with Crippen molar-refractivity contribution in [2.24, 2.45) is 13.0 Å². The largest absolute Gasteiger partial charge is 0.383 e. The quantitative estimate of drug-likeness (QED) is 0.884. The van der Waals surface area contributed by atoms with Gasteiger partial charge in [0.2, 0.25) is 0 Å². The number of nitrogens with two attached hydrogens (primary N) is 1. The predicted octanol–water partition coefficient (Wildman–Crippen LogP) is 2.93. The molecule has 3 nitrogen and oxygen atoms in total. The molecule has 0 aliphatic heterocycles. The molecule has 2 N–H and O–H groups in total. The van der Waals surface area contributed by atoms with Crippen molar-refractivity contribution < 1.29 is 4.39 Å². The van der Waals surface area contributed by atoms with E-state index in [9.17, 15) is 4.39 Å². The molecule has 1 saturated carbocycles. The van der Waals surface area contributed by atoms with Gasteiger partial charge in [-0.25, -0.2) is 4.39 Å². The lowest BCUT2D eigenvalue weighted by Gasteiger charge is -2.03. The molecule has 3 rings (SSSR count). The first kappa shape index (κ1) is 11.3. The number of hydrogen-bond acceptors (Lipinski definition) is 2. The van der Waals surface area contributed by atoms with Crippen molar-refractivity contribution in [2.45, 2.75) is 19.3 Å². The fourth-order valence-corrected chi connectivity index (χ4v) is 2.43. The van der Waals surface area contributed by atoms with E-state index in [2.05, 4.69) is 12.0 Å². The number of rotatable bonds is 2. The highest BCUT2D eigenvalue weighted by Gasteiger charge is 2.38. The number of halogens is 1. The molecule has 18 heavy (non-hydrogen) atoms. The Morgan fingerprint density at radius 3 is 2.50 bits per heavy atom. The van der Waals surface area contributed by atoms with E-state index in [1.165, 1.54) is 12.1 Å². The number of nitrogen functional groups attached to an aromatic ring is 1. The molecule has 1 aromatic carbocycles. The zero-order valence-electron chi connectivity index (χ0n) is 10.5. The van der Waals surface area contributed by atoms with Gasteiger partial charge in [-0.3, -0.25) is 4.68 Å². The van der Waals surface area contributed by atoms with Crippen LogP contribution in [0.25, 0.3) is 11.1 Å². The second-order valence-electron chi connectivity index (χ2n) is 5.10. The Balaban J connectivity index is 2.12. The van der Waals surface area contributed by atoms with Gasteiger partial charge in [0.1, 0.15) is 11.6 Å². The highest BCUT2D eigenvalue weighted by atomic mass is 19.1. The Hall–Kier alpha value is -1.84. The minimum absolute atomic E-state index is 0.234. The zero-order chi connectivity index (χ0) is 12.9. The molecule has 1 aromatic heterocycles. The van der Waals surface area contributed by atoms with Gasteiger partial charge in [0.05, 0.1) is 5.69 Å². The lowest BCUT2D eigenvalue weighted by molar-refractivity contribution is 0.628. The topological polar surface area (TPSA) is 43.8 Å². The number of hydrogen-bond donors (Lipinski definition) is 1. The Labute approximate surface area is 105 Å². The lowest BCUT2D eigenvalue weighted by atomic mass is 10.0. The monoisotopic (exact) mass is 245 g/mol. The zero-order valence-corrected chi connectivity index (χ0v) is 10.5. The van der Waals surface area contributed by atoms with E-state index in [0.29, 0.717) is 17.7 Å². The second kappa shape index (κ2) is 3.83. The summed E-state index contributed by atoms with van der Waals surface area (Å²) in [5.41, 5.74) is 9.05. The van der Waals surface area contributed by atoms with E-state index in [-0.39, 0.29) is 5.82 Å². The van der Waals surface area contributed by atoms with Gasteiger partial charge in [0.15, 0.2) is 0 Å². The van der Waals surface area contributed by atoms with Crippen molar-refractivity contribution >= 4 is 5.82 Å². The molecule has 0 spiro atoms. The fourth-order valence-electron chi connectivity index (χ4n) is 2.43. The van der Waals surface area contributed by atoms with Gasteiger partial charge in [0, 0.05) is 18.5 Å². The van der Waals surface area contributed by atoms with Crippen LogP contribution in [0.15, 0.2) is 24.3 Å². The molecule has 1 fully saturated rings. The minimum atomic E-state index is -0.234. The number of aromatic nitrogens is 2. The van der Waals surface area contributed by atoms with E-state index in [0.717, 1.165) is 23.2 Å². The molecule has 2 atom stereocenters. The summed E-state index contributed by atoms with van der Waals surface area (Å²) in [5, 5.41) is 4.52. The van der Waals surface area contributed by atoms with E-state index in [4.69, 9.17) is 5.73 Å². The Morgan fingerprint density at radius 2 is 1.94 bits per heavy atom. The number of anilines is 1. The van der Waals surface area contributed by atoms with Crippen LogP contribution in [-0.2, 0) is 7.05 Å². The third-order valence-electron chi connectivity index (χ3n) is 3.71. The summed E-state index contributed by atoms with van der Waals surface area (Å²) in [7, 11) is 1.85. The van der Waals surface area contributed by atoms with E-state index in [1.54, 1.807) is 16.8 Å². The maximum atomic E-state index is 13.0. The van der Waals surface area contributed by atoms with Gasteiger partial charge in [-0.05, 0) is 30.0 Å². The summed E-state index contributed by atoms with van der Waals surface area (Å²) < 4.78 is 14.7. The average molecular weight is 245 g/mol. The average Bonchev–Trinajstić information content (AvgIpc) is 2.99. The first-order valence-corrected chi connectivity index (χ1v) is 6.16. The molecule has 2 aromatic rings. The van der Waals surface area contributed by atoms with Gasteiger partial charge in [0.25, 0.3) is 0 Å². The third kappa shape index (κ3) is 1.68. The standard InChI is InChI=1S/C14H16FN3/c1-8-7-11(8)13-12(14(16)18(2)17-13)9-3-5-10(15)6-4-9/h3-6,8,11H,7,16H2,1-2H3. The van der Waals surface area contributed by atoms with E-state index >= 15 is 0 Å². The normalized spacial score (nSPS) is 22.2. The molecule has 0 saturated heterocycles. The number of nitrogens with zero attached hydrogens (tertiary/aromatic N) is 2. The van der Waals surface area contributed by atoms with Crippen LogP contribution in [0.5, 0.6) is 0 Å². The summed E-state index contributed by atoms with van der Waals surface area (Å²) in [6, 6.07) is 6.45. The van der Waals surface area contributed by atoms with Crippen molar-refractivity contribution in [3.05, 3.63) is 35.8 Å². The summed E-state index contributed by atoms with van der Waals surface area (Å²) in [5.74, 6) is 1.57. The van der Waals surface area contributed by atoms with Crippen molar-refractivity contribution in [3.8, 4) is 11.1 Å². The molecule has 4 heteroatoms. The van der Waals surface area contributed by atoms with Crippen molar-refractivity contribution in [2.75, 3.05) is 5.73 Å². The third-order valence-corrected chi connectivity index (χ3v) is 3.71. The van der Waals surface area contributed by atoms with E-state index < -0.39 is 0 Å². The van der Waals surface area contributed by atoms with Crippen LogP contribution in [-0.4, -0.2) is 9.78 Å². The van der Waals surface area contributed by atoms with Crippen LogP contribution in [0, 0.1) is 11.7 Å². The second-order valence-corrected chi connectivity index (χ2v) is 5.10. The number of benzene rings is 1. The molecule has 2 unspecified atom stereocenters. The molecule has 1 aliphatic carbocycles. The lowest BCUT2D eigenvalue weighted by Crippen LogP contribution is -1.98. The highest BCUT2D eigenvalue weighted by molar-refractivity contribution is 5.77. The minimum Gasteiger partial charge on any atom is -0.383 e.